The van der Waals surface area contributed by atoms with E-state index in [9.17, 15) is 4.79 Å². The van der Waals surface area contributed by atoms with Crippen LogP contribution in [-0.4, -0.2) is 26.2 Å². The molecule has 0 atom stereocenters. The van der Waals surface area contributed by atoms with Crippen LogP contribution in [0.3, 0.4) is 0 Å². The van der Waals surface area contributed by atoms with Crippen molar-refractivity contribution in [2.45, 2.75) is 31.1 Å². The Kier molecular flexibility index (Phi) is 5.41. The minimum Gasteiger partial charge on any atom is -0.497 e. The lowest BCUT2D eigenvalue weighted by molar-refractivity contribution is -0.123. The molecule has 0 spiro atoms. The average molecular weight is 345 g/mol. The van der Waals surface area contributed by atoms with Crippen molar-refractivity contribution < 1.29 is 14.3 Å². The molecular formula is C19H23NO3S. The topological polar surface area (TPSA) is 47.6 Å². The van der Waals surface area contributed by atoms with Crippen LogP contribution in [0.4, 0.5) is 0 Å². The first-order valence-corrected chi connectivity index (χ1v) is 9.22. The Morgan fingerprint density at radius 1 is 1.17 bits per heavy atom. The molecule has 24 heavy (non-hydrogen) atoms. The molecule has 1 fully saturated rings. The fourth-order valence-electron chi connectivity index (χ4n) is 3.33. The summed E-state index contributed by atoms with van der Waals surface area (Å²) in [6.45, 7) is 0.723. The van der Waals surface area contributed by atoms with Gasteiger partial charge in [0.25, 0.3) is 5.91 Å². The summed E-state index contributed by atoms with van der Waals surface area (Å²) in [4.78, 5) is 12.1. The minimum absolute atomic E-state index is 0.0338. The van der Waals surface area contributed by atoms with E-state index in [1.165, 1.54) is 18.4 Å². The van der Waals surface area contributed by atoms with Crippen LogP contribution < -0.4 is 14.8 Å². The van der Waals surface area contributed by atoms with Crippen molar-refractivity contribution in [2.24, 2.45) is 0 Å². The van der Waals surface area contributed by atoms with Gasteiger partial charge in [-0.15, -0.1) is 0 Å². The van der Waals surface area contributed by atoms with Gasteiger partial charge in [-0.3, -0.25) is 4.79 Å². The number of hydrogen-bond donors (Lipinski definition) is 1. The largest absolute Gasteiger partial charge is 0.497 e. The molecule has 0 unspecified atom stereocenters. The number of thiophene rings is 1. The lowest BCUT2D eigenvalue weighted by atomic mass is 9.80. The molecular weight excluding hydrogens is 322 g/mol. The first-order chi connectivity index (χ1) is 11.7. The molecule has 4 nitrogen and oxygen atoms in total. The van der Waals surface area contributed by atoms with E-state index in [2.05, 4.69) is 22.1 Å². The van der Waals surface area contributed by atoms with Crippen molar-refractivity contribution in [3.63, 3.8) is 0 Å². The smallest absolute Gasteiger partial charge is 0.257 e. The van der Waals surface area contributed by atoms with E-state index >= 15 is 0 Å². The molecule has 0 bridgehead atoms. The second-order valence-electron chi connectivity index (χ2n) is 6.24. The first-order valence-electron chi connectivity index (χ1n) is 8.28. The molecule has 1 amide bonds. The highest BCUT2D eigenvalue weighted by Gasteiger charge is 2.36. The van der Waals surface area contributed by atoms with E-state index in [0.29, 0.717) is 12.3 Å². The molecule has 0 saturated heterocycles. The third-order valence-electron chi connectivity index (χ3n) is 4.75. The van der Waals surface area contributed by atoms with Gasteiger partial charge in [-0.2, -0.15) is 11.3 Å². The first kappa shape index (κ1) is 16.8. The SMILES string of the molecule is COc1ccc(OCC(=O)NCC2(c3ccsc3)CCCC2)cc1. The number of carbonyl (C=O) groups excluding carboxylic acids is 1. The van der Waals surface area contributed by atoms with Crippen molar-refractivity contribution in [1.82, 2.24) is 5.32 Å². The quantitative estimate of drug-likeness (QED) is 0.831. The van der Waals surface area contributed by atoms with Gasteiger partial charge in [0.2, 0.25) is 0 Å². The molecule has 1 aromatic carbocycles. The fourth-order valence-corrected chi connectivity index (χ4v) is 4.10. The summed E-state index contributed by atoms with van der Waals surface area (Å²) < 4.78 is 10.6. The molecule has 1 aliphatic carbocycles. The number of amides is 1. The Bertz CT molecular complexity index is 646. The van der Waals surface area contributed by atoms with E-state index in [4.69, 9.17) is 9.47 Å². The maximum Gasteiger partial charge on any atom is 0.257 e. The lowest BCUT2D eigenvalue weighted by Crippen LogP contribution is -2.40. The number of carbonyl (C=O) groups is 1. The molecule has 1 N–H and O–H groups in total. The van der Waals surface area contributed by atoms with Crippen LogP contribution in [0, 0.1) is 0 Å². The molecule has 128 valence electrons. The highest BCUT2D eigenvalue weighted by Crippen LogP contribution is 2.41. The van der Waals surface area contributed by atoms with Crippen LogP contribution in [0.5, 0.6) is 11.5 Å². The van der Waals surface area contributed by atoms with Crippen molar-refractivity contribution in [3.05, 3.63) is 46.7 Å². The van der Waals surface area contributed by atoms with Crippen LogP contribution in [0.1, 0.15) is 31.2 Å². The molecule has 5 heteroatoms. The third kappa shape index (κ3) is 3.90. The maximum atomic E-state index is 12.1. The Hall–Kier alpha value is -2.01. The van der Waals surface area contributed by atoms with E-state index < -0.39 is 0 Å². The van der Waals surface area contributed by atoms with Gasteiger partial charge in [-0.05, 0) is 59.5 Å². The Morgan fingerprint density at radius 3 is 2.50 bits per heavy atom. The summed E-state index contributed by atoms with van der Waals surface area (Å²) in [6, 6.07) is 9.43. The Balaban J connectivity index is 1.51. The van der Waals surface area contributed by atoms with Crippen molar-refractivity contribution in [1.29, 1.82) is 0 Å². The highest BCUT2D eigenvalue weighted by atomic mass is 32.1. The Labute approximate surface area is 146 Å². The molecule has 1 saturated carbocycles. The number of methoxy groups -OCH3 is 1. The second-order valence-corrected chi connectivity index (χ2v) is 7.02. The van der Waals surface area contributed by atoms with Gasteiger partial charge in [0.05, 0.1) is 7.11 Å². The number of benzene rings is 1. The predicted molar refractivity (Wildman–Crippen MR) is 96.0 cm³/mol. The number of rotatable bonds is 7. The average Bonchev–Trinajstić information content (AvgIpc) is 3.30. The third-order valence-corrected chi connectivity index (χ3v) is 5.43. The molecule has 3 rings (SSSR count). The summed E-state index contributed by atoms with van der Waals surface area (Å²) in [5, 5.41) is 7.39. The summed E-state index contributed by atoms with van der Waals surface area (Å²) in [6.07, 6.45) is 4.74. The van der Waals surface area contributed by atoms with E-state index in [1.807, 2.05) is 12.1 Å². The van der Waals surface area contributed by atoms with Crippen LogP contribution in [-0.2, 0) is 10.2 Å². The summed E-state index contributed by atoms with van der Waals surface area (Å²) in [5.74, 6) is 1.36. The summed E-state index contributed by atoms with van der Waals surface area (Å²) in [7, 11) is 1.62. The Morgan fingerprint density at radius 2 is 1.88 bits per heavy atom. The van der Waals surface area contributed by atoms with E-state index in [1.54, 1.807) is 30.6 Å². The van der Waals surface area contributed by atoms with E-state index in [0.717, 1.165) is 18.6 Å². The van der Waals surface area contributed by atoms with Crippen LogP contribution in [0.25, 0.3) is 0 Å². The summed E-state index contributed by atoms with van der Waals surface area (Å²) >= 11 is 1.72. The molecule has 1 aliphatic rings. The molecule has 1 heterocycles. The minimum atomic E-state index is -0.0766. The summed E-state index contributed by atoms with van der Waals surface area (Å²) in [5.41, 5.74) is 1.47. The molecule has 2 aromatic rings. The van der Waals surface area contributed by atoms with Crippen LogP contribution in [0.15, 0.2) is 41.1 Å². The van der Waals surface area contributed by atoms with Crippen molar-refractivity contribution in [3.8, 4) is 11.5 Å². The predicted octanol–water partition coefficient (Wildman–Crippen LogP) is 3.76. The normalized spacial score (nSPS) is 15.9. The maximum absolute atomic E-state index is 12.1. The highest BCUT2D eigenvalue weighted by molar-refractivity contribution is 7.08. The van der Waals surface area contributed by atoms with Gasteiger partial charge in [-0.1, -0.05) is 12.8 Å². The van der Waals surface area contributed by atoms with Crippen molar-refractivity contribution in [2.75, 3.05) is 20.3 Å². The van der Waals surface area contributed by atoms with Crippen molar-refractivity contribution >= 4 is 17.2 Å². The van der Waals surface area contributed by atoms with Gasteiger partial charge >= 0.3 is 0 Å². The zero-order chi connectivity index (χ0) is 16.8. The van der Waals surface area contributed by atoms with Gasteiger partial charge in [0, 0.05) is 12.0 Å². The van der Waals surface area contributed by atoms with E-state index in [-0.39, 0.29) is 17.9 Å². The fraction of sp³-hybridized carbons (Fsp3) is 0.421. The standard InChI is InChI=1S/C19H23NO3S/c1-22-16-4-6-17(7-5-16)23-12-18(21)20-14-19(9-2-3-10-19)15-8-11-24-13-15/h4-8,11,13H,2-3,9-10,12,14H2,1H3,(H,20,21). The van der Waals surface area contributed by atoms with Crippen LogP contribution >= 0.6 is 11.3 Å². The lowest BCUT2D eigenvalue weighted by Gasteiger charge is -2.28. The molecule has 0 radical (unpaired) electrons. The second kappa shape index (κ2) is 7.71. The van der Waals surface area contributed by atoms with Gasteiger partial charge in [0.15, 0.2) is 6.61 Å². The van der Waals surface area contributed by atoms with Gasteiger partial charge in [0.1, 0.15) is 11.5 Å². The molecule has 1 aromatic heterocycles. The number of nitrogens with one attached hydrogen (secondary N) is 1. The molecule has 0 aliphatic heterocycles. The number of hydrogen-bond acceptors (Lipinski definition) is 4. The van der Waals surface area contributed by atoms with Gasteiger partial charge in [-0.25, -0.2) is 0 Å². The monoisotopic (exact) mass is 345 g/mol. The zero-order valence-corrected chi connectivity index (χ0v) is 14.7. The zero-order valence-electron chi connectivity index (χ0n) is 13.9. The number of ether oxygens (including phenoxy) is 2. The van der Waals surface area contributed by atoms with Gasteiger partial charge < -0.3 is 14.8 Å². The van der Waals surface area contributed by atoms with Crippen LogP contribution in [0.2, 0.25) is 0 Å².